The van der Waals surface area contributed by atoms with Gasteiger partial charge in [-0.2, -0.15) is 13.2 Å². The van der Waals surface area contributed by atoms with Crippen molar-refractivity contribution in [3.8, 4) is 0 Å². The number of piperazine rings is 1. The minimum Gasteiger partial charge on any atom is -0.366 e. The molecule has 0 aliphatic carbocycles. The van der Waals surface area contributed by atoms with E-state index in [0.29, 0.717) is 41.6 Å². The maximum atomic E-state index is 13.4. The van der Waals surface area contributed by atoms with Crippen LogP contribution in [0.25, 0.3) is 0 Å². The zero-order valence-electron chi connectivity index (χ0n) is 18.5. The zero-order chi connectivity index (χ0) is 24.7. The Balaban J connectivity index is 1.49. The number of halogens is 5. The molecule has 9 heteroatoms. The molecule has 182 valence electrons. The molecule has 2 aliphatic heterocycles. The summed E-state index contributed by atoms with van der Waals surface area (Å²) in [5.74, 6) is -1.37. The molecule has 0 spiro atoms. The van der Waals surface area contributed by atoms with Gasteiger partial charge in [0.05, 0.1) is 28.2 Å². The lowest BCUT2D eigenvalue weighted by Crippen LogP contribution is -2.60. The first-order chi connectivity index (χ1) is 16.7. The molecule has 5 rings (SSSR count). The summed E-state index contributed by atoms with van der Waals surface area (Å²) in [6.07, 6.45) is -4.32. The van der Waals surface area contributed by atoms with Gasteiger partial charge in [0.25, 0.3) is 0 Å². The normalized spacial score (nSPS) is 19.7. The minimum atomic E-state index is -4.47. The Morgan fingerprint density at radius 3 is 2.43 bits per heavy atom. The highest BCUT2D eigenvalue weighted by molar-refractivity contribution is 6.33. The van der Waals surface area contributed by atoms with Gasteiger partial charge in [-0.15, -0.1) is 0 Å². The summed E-state index contributed by atoms with van der Waals surface area (Å²) in [6, 6.07) is 16.3. The number of carbonyl (C=O) groups excluding carboxylic acids is 1. The number of nitrogens with zero attached hydrogens (tertiary/aromatic N) is 2. The fourth-order valence-electron chi connectivity index (χ4n) is 4.99. The van der Waals surface area contributed by atoms with Crippen LogP contribution < -0.4 is 15.1 Å². The lowest BCUT2D eigenvalue weighted by Gasteiger charge is -2.49. The van der Waals surface area contributed by atoms with E-state index in [0.717, 1.165) is 17.8 Å². The van der Waals surface area contributed by atoms with Crippen LogP contribution in [0.4, 0.5) is 34.6 Å². The van der Waals surface area contributed by atoms with Crippen molar-refractivity contribution in [1.29, 1.82) is 0 Å². The summed E-state index contributed by atoms with van der Waals surface area (Å²) < 4.78 is 53.5. The molecule has 3 aromatic rings. The van der Waals surface area contributed by atoms with Crippen molar-refractivity contribution in [2.75, 3.05) is 34.8 Å². The monoisotopic (exact) mass is 503 g/mol. The predicted molar refractivity (Wildman–Crippen MR) is 128 cm³/mol. The molecule has 1 fully saturated rings. The Morgan fingerprint density at radius 2 is 1.71 bits per heavy atom. The van der Waals surface area contributed by atoms with Crippen LogP contribution >= 0.6 is 11.6 Å². The van der Waals surface area contributed by atoms with Gasteiger partial charge in [0, 0.05) is 31.0 Å². The number of carbonyl (C=O) groups is 1. The Hall–Kier alpha value is -3.26. The summed E-state index contributed by atoms with van der Waals surface area (Å²) in [5.41, 5.74) is 1.75. The van der Waals surface area contributed by atoms with Crippen LogP contribution in [-0.4, -0.2) is 31.6 Å². The van der Waals surface area contributed by atoms with E-state index < -0.39 is 23.5 Å². The van der Waals surface area contributed by atoms with E-state index in [9.17, 15) is 22.4 Å². The summed E-state index contributed by atoms with van der Waals surface area (Å²) in [6.45, 7) is 1.60. The smallest absolute Gasteiger partial charge is 0.366 e. The first-order valence-corrected chi connectivity index (χ1v) is 11.6. The standard InChI is InChI=1S/C26H22ClF4N3O/c27-21-3-1-2-4-23(21)33-11-12-34-22-10-5-17(26(29,30)31)13-16(22)14-20(24(34)15-33)25(35)32-19-8-6-18(28)7-9-19/h1-10,13,20,24H,11-12,14-15H2,(H,32,35)/t20-,24+/m1/s1. The van der Waals surface area contributed by atoms with Crippen molar-refractivity contribution >= 4 is 34.6 Å². The van der Waals surface area contributed by atoms with Crippen LogP contribution in [-0.2, 0) is 17.4 Å². The second kappa shape index (κ2) is 9.07. The lowest BCUT2D eigenvalue weighted by molar-refractivity contribution is -0.137. The third-order valence-electron chi connectivity index (χ3n) is 6.68. The topological polar surface area (TPSA) is 35.6 Å². The molecule has 2 heterocycles. The molecule has 0 saturated carbocycles. The number of hydrogen-bond donors (Lipinski definition) is 1. The van der Waals surface area contributed by atoms with Gasteiger partial charge < -0.3 is 15.1 Å². The Labute approximate surface area is 205 Å². The van der Waals surface area contributed by atoms with Crippen molar-refractivity contribution < 1.29 is 22.4 Å². The average Bonchev–Trinajstić information content (AvgIpc) is 2.84. The van der Waals surface area contributed by atoms with Crippen LogP contribution in [0.1, 0.15) is 11.1 Å². The first kappa shape index (κ1) is 23.5. The molecule has 0 radical (unpaired) electrons. The summed E-state index contributed by atoms with van der Waals surface area (Å²) in [4.78, 5) is 17.5. The maximum Gasteiger partial charge on any atom is 0.416 e. The predicted octanol–water partition coefficient (Wildman–Crippen LogP) is 6.00. The molecule has 35 heavy (non-hydrogen) atoms. The van der Waals surface area contributed by atoms with Gasteiger partial charge in [-0.05, 0) is 66.6 Å². The van der Waals surface area contributed by atoms with Crippen LogP contribution in [0, 0.1) is 11.7 Å². The van der Waals surface area contributed by atoms with Gasteiger partial charge in [0.15, 0.2) is 0 Å². The molecular weight excluding hydrogens is 482 g/mol. The van der Waals surface area contributed by atoms with Gasteiger partial charge in [-0.1, -0.05) is 23.7 Å². The fourth-order valence-corrected chi connectivity index (χ4v) is 5.25. The van der Waals surface area contributed by atoms with Gasteiger partial charge in [-0.25, -0.2) is 4.39 Å². The number of alkyl halides is 3. The van der Waals surface area contributed by atoms with Gasteiger partial charge >= 0.3 is 6.18 Å². The number of benzene rings is 3. The maximum absolute atomic E-state index is 13.4. The van der Waals surface area contributed by atoms with Crippen LogP contribution in [0.2, 0.25) is 5.02 Å². The van der Waals surface area contributed by atoms with E-state index in [1.807, 2.05) is 23.1 Å². The van der Waals surface area contributed by atoms with Gasteiger partial charge in [-0.3, -0.25) is 4.79 Å². The fraction of sp³-hybridized carbons (Fsp3) is 0.269. The molecule has 2 aliphatic rings. The molecule has 1 amide bonds. The molecule has 1 saturated heterocycles. The Bertz CT molecular complexity index is 1250. The SMILES string of the molecule is O=C(Nc1ccc(F)cc1)[C@@H]1Cc2cc(C(F)(F)F)ccc2N2CCN(c3ccccc3Cl)C[C@@H]12. The third kappa shape index (κ3) is 4.67. The number of nitrogens with one attached hydrogen (secondary N) is 1. The molecule has 1 N–H and O–H groups in total. The van der Waals surface area contributed by atoms with E-state index in [1.54, 1.807) is 6.07 Å². The number of amides is 1. The highest BCUT2D eigenvalue weighted by Gasteiger charge is 2.43. The molecular formula is C26H22ClF4N3O. The van der Waals surface area contributed by atoms with Crippen LogP contribution in [0.3, 0.4) is 0 Å². The molecule has 2 atom stereocenters. The van der Waals surface area contributed by atoms with Crippen molar-refractivity contribution in [2.45, 2.75) is 18.6 Å². The largest absolute Gasteiger partial charge is 0.416 e. The van der Waals surface area contributed by atoms with Gasteiger partial charge in [0.1, 0.15) is 5.82 Å². The molecule has 0 unspecified atom stereocenters. The van der Waals surface area contributed by atoms with E-state index >= 15 is 0 Å². The number of anilines is 3. The highest BCUT2D eigenvalue weighted by atomic mass is 35.5. The molecule has 3 aromatic carbocycles. The van der Waals surface area contributed by atoms with Gasteiger partial charge in [0.2, 0.25) is 5.91 Å². The summed E-state index contributed by atoms with van der Waals surface area (Å²) in [5, 5.41) is 3.41. The summed E-state index contributed by atoms with van der Waals surface area (Å²) in [7, 11) is 0. The minimum absolute atomic E-state index is 0.157. The van der Waals surface area contributed by atoms with Crippen molar-refractivity contribution in [3.05, 3.63) is 88.7 Å². The molecule has 0 bridgehead atoms. The number of hydrogen-bond acceptors (Lipinski definition) is 3. The molecule has 4 nitrogen and oxygen atoms in total. The summed E-state index contributed by atoms with van der Waals surface area (Å²) >= 11 is 6.42. The number of rotatable bonds is 3. The van der Waals surface area contributed by atoms with Crippen molar-refractivity contribution in [3.63, 3.8) is 0 Å². The van der Waals surface area contributed by atoms with Crippen LogP contribution in [0.5, 0.6) is 0 Å². The lowest BCUT2D eigenvalue weighted by atomic mass is 9.82. The van der Waals surface area contributed by atoms with Crippen LogP contribution in [0.15, 0.2) is 66.7 Å². The Morgan fingerprint density at radius 1 is 0.971 bits per heavy atom. The molecule has 0 aromatic heterocycles. The highest BCUT2D eigenvalue weighted by Crippen LogP contribution is 2.41. The number of fused-ring (bicyclic) bond motifs is 3. The number of para-hydroxylation sites is 1. The van der Waals surface area contributed by atoms with E-state index in [1.165, 1.54) is 30.3 Å². The first-order valence-electron chi connectivity index (χ1n) is 11.2. The third-order valence-corrected chi connectivity index (χ3v) is 7.00. The van der Waals surface area contributed by atoms with Crippen molar-refractivity contribution in [1.82, 2.24) is 0 Å². The Kier molecular flexibility index (Phi) is 6.09. The zero-order valence-corrected chi connectivity index (χ0v) is 19.3. The van der Waals surface area contributed by atoms with E-state index in [4.69, 9.17) is 11.6 Å². The second-order valence-electron chi connectivity index (χ2n) is 8.81. The van der Waals surface area contributed by atoms with Crippen molar-refractivity contribution in [2.24, 2.45) is 5.92 Å². The quantitative estimate of drug-likeness (QED) is 0.445. The second-order valence-corrected chi connectivity index (χ2v) is 9.21. The average molecular weight is 504 g/mol. The van der Waals surface area contributed by atoms with E-state index in [2.05, 4.69) is 10.2 Å². The van der Waals surface area contributed by atoms with E-state index in [-0.39, 0.29) is 18.4 Å².